The van der Waals surface area contributed by atoms with Gasteiger partial charge in [-0.1, -0.05) is 23.2 Å². The number of hydrogen-bond acceptors (Lipinski definition) is 3. The summed E-state index contributed by atoms with van der Waals surface area (Å²) in [6, 6.07) is 0. The highest BCUT2D eigenvalue weighted by molar-refractivity contribution is 7.89. The van der Waals surface area contributed by atoms with E-state index in [0.717, 1.165) is 4.31 Å². The number of allylic oxidation sites excluding steroid dienone is 1. The van der Waals surface area contributed by atoms with Gasteiger partial charge in [0.05, 0.1) is 12.7 Å². The van der Waals surface area contributed by atoms with Crippen molar-refractivity contribution in [3.05, 3.63) is 23.0 Å². The van der Waals surface area contributed by atoms with E-state index in [2.05, 4.69) is 5.10 Å². The highest BCUT2D eigenvalue weighted by Crippen LogP contribution is 2.12. The molecule has 0 unspecified atom stereocenters. The molecule has 0 saturated carbocycles. The van der Waals surface area contributed by atoms with Crippen LogP contribution in [-0.2, 0) is 16.6 Å². The SMILES string of the molecule is CN(C)S(=O)(=O)c1cnn(CC=C(Cl)Cl)c1. The first kappa shape index (κ1) is 13.5. The maximum Gasteiger partial charge on any atom is 0.245 e. The maximum absolute atomic E-state index is 11.7. The van der Waals surface area contributed by atoms with Crippen LogP contribution < -0.4 is 0 Å². The quantitative estimate of drug-likeness (QED) is 0.841. The van der Waals surface area contributed by atoms with Gasteiger partial charge >= 0.3 is 0 Å². The summed E-state index contributed by atoms with van der Waals surface area (Å²) in [5, 5.41) is 3.89. The highest BCUT2D eigenvalue weighted by atomic mass is 35.5. The molecule has 0 amide bonds. The number of rotatable bonds is 4. The van der Waals surface area contributed by atoms with E-state index in [4.69, 9.17) is 23.2 Å². The summed E-state index contributed by atoms with van der Waals surface area (Å²) in [6.07, 6.45) is 4.22. The highest BCUT2D eigenvalue weighted by Gasteiger charge is 2.18. The molecule has 0 radical (unpaired) electrons. The number of nitrogens with zero attached hydrogens (tertiary/aromatic N) is 3. The second-order valence-electron chi connectivity index (χ2n) is 3.18. The minimum Gasteiger partial charge on any atom is -0.267 e. The van der Waals surface area contributed by atoms with Gasteiger partial charge in [-0.05, 0) is 6.08 Å². The number of hydrogen-bond donors (Lipinski definition) is 0. The van der Waals surface area contributed by atoms with Gasteiger partial charge in [-0.25, -0.2) is 12.7 Å². The fourth-order valence-corrected chi connectivity index (χ4v) is 1.95. The Labute approximate surface area is 104 Å². The van der Waals surface area contributed by atoms with Crippen molar-refractivity contribution in [3.8, 4) is 0 Å². The van der Waals surface area contributed by atoms with Gasteiger partial charge < -0.3 is 0 Å². The second kappa shape index (κ2) is 5.18. The summed E-state index contributed by atoms with van der Waals surface area (Å²) in [5.41, 5.74) is 0. The van der Waals surface area contributed by atoms with Crippen molar-refractivity contribution < 1.29 is 8.42 Å². The third-order valence-corrected chi connectivity index (χ3v) is 3.90. The summed E-state index contributed by atoms with van der Waals surface area (Å²) in [6.45, 7) is 0.325. The molecule has 0 aliphatic rings. The molecule has 90 valence electrons. The topological polar surface area (TPSA) is 55.2 Å². The molecule has 0 aliphatic heterocycles. The lowest BCUT2D eigenvalue weighted by atomic mass is 10.6. The van der Waals surface area contributed by atoms with Crippen LogP contribution >= 0.6 is 23.2 Å². The van der Waals surface area contributed by atoms with Crippen LogP contribution in [-0.4, -0.2) is 36.6 Å². The van der Waals surface area contributed by atoms with Crippen molar-refractivity contribution in [1.82, 2.24) is 14.1 Å². The molecule has 0 spiro atoms. The fraction of sp³-hybridized carbons (Fsp3) is 0.375. The lowest BCUT2D eigenvalue weighted by molar-refractivity contribution is 0.520. The predicted molar refractivity (Wildman–Crippen MR) is 62.9 cm³/mol. The lowest BCUT2D eigenvalue weighted by Crippen LogP contribution is -2.21. The van der Waals surface area contributed by atoms with Gasteiger partial charge in [0.15, 0.2) is 0 Å². The van der Waals surface area contributed by atoms with Gasteiger partial charge in [0.1, 0.15) is 9.39 Å². The van der Waals surface area contributed by atoms with E-state index < -0.39 is 10.0 Å². The first-order chi connectivity index (χ1) is 7.34. The van der Waals surface area contributed by atoms with Crippen LogP contribution in [0.15, 0.2) is 27.9 Å². The summed E-state index contributed by atoms with van der Waals surface area (Å²) in [4.78, 5) is 0.136. The Balaban J connectivity index is 2.92. The smallest absolute Gasteiger partial charge is 0.245 e. The van der Waals surface area contributed by atoms with E-state index in [1.54, 1.807) is 0 Å². The first-order valence-corrected chi connectivity index (χ1v) is 6.50. The van der Waals surface area contributed by atoms with Crippen molar-refractivity contribution in [2.75, 3.05) is 14.1 Å². The van der Waals surface area contributed by atoms with Crippen LogP contribution in [0, 0.1) is 0 Å². The van der Waals surface area contributed by atoms with Crippen molar-refractivity contribution in [3.63, 3.8) is 0 Å². The Hall–Kier alpha value is -0.560. The Bertz CT molecular complexity index is 489. The largest absolute Gasteiger partial charge is 0.267 e. The molecule has 16 heavy (non-hydrogen) atoms. The predicted octanol–water partition coefficient (Wildman–Crippen LogP) is 1.45. The molecule has 0 aromatic carbocycles. The molecule has 0 aliphatic carbocycles. The molecule has 8 heteroatoms. The van der Waals surface area contributed by atoms with E-state index >= 15 is 0 Å². The average molecular weight is 284 g/mol. The van der Waals surface area contributed by atoms with Gasteiger partial charge in [-0.15, -0.1) is 0 Å². The van der Waals surface area contributed by atoms with Gasteiger partial charge in [0.25, 0.3) is 0 Å². The van der Waals surface area contributed by atoms with Crippen molar-refractivity contribution in [2.24, 2.45) is 0 Å². The average Bonchev–Trinajstić information content (AvgIpc) is 2.63. The Morgan fingerprint density at radius 1 is 1.56 bits per heavy atom. The zero-order chi connectivity index (χ0) is 12.3. The Morgan fingerprint density at radius 2 is 2.19 bits per heavy atom. The van der Waals surface area contributed by atoms with E-state index in [1.807, 2.05) is 0 Å². The maximum atomic E-state index is 11.7. The molecule has 0 N–H and O–H groups in total. The molecule has 1 rings (SSSR count). The molecule has 0 atom stereocenters. The van der Waals surface area contributed by atoms with Crippen LogP contribution in [0.3, 0.4) is 0 Å². The fourth-order valence-electron chi connectivity index (χ4n) is 0.951. The summed E-state index contributed by atoms with van der Waals surface area (Å²) < 4.78 is 26.1. The first-order valence-electron chi connectivity index (χ1n) is 4.30. The third kappa shape index (κ3) is 3.21. The molecule has 0 fully saturated rings. The molecule has 1 heterocycles. The Kier molecular flexibility index (Phi) is 4.37. The molecule has 5 nitrogen and oxygen atoms in total. The number of sulfonamides is 1. The second-order valence-corrected chi connectivity index (χ2v) is 6.34. The van der Waals surface area contributed by atoms with Gasteiger partial charge in [-0.3, -0.25) is 4.68 Å². The summed E-state index contributed by atoms with van der Waals surface area (Å²) in [7, 11) is -0.510. The molecule has 0 bridgehead atoms. The summed E-state index contributed by atoms with van der Waals surface area (Å²) >= 11 is 10.9. The summed E-state index contributed by atoms with van der Waals surface area (Å²) in [5.74, 6) is 0. The van der Waals surface area contributed by atoms with Crippen LogP contribution in [0.2, 0.25) is 0 Å². The van der Waals surface area contributed by atoms with Gasteiger partial charge in [0.2, 0.25) is 10.0 Å². The zero-order valence-corrected chi connectivity index (χ0v) is 11.1. The number of aromatic nitrogens is 2. The number of halogens is 2. The normalized spacial score (nSPS) is 11.8. The minimum absolute atomic E-state index is 0.118. The van der Waals surface area contributed by atoms with Gasteiger partial charge in [-0.2, -0.15) is 5.10 Å². The molecule has 1 aromatic rings. The van der Waals surface area contributed by atoms with Crippen molar-refractivity contribution in [1.29, 1.82) is 0 Å². The van der Waals surface area contributed by atoms with Crippen LogP contribution in [0.5, 0.6) is 0 Å². The van der Waals surface area contributed by atoms with E-state index in [0.29, 0.717) is 6.54 Å². The Morgan fingerprint density at radius 3 is 2.69 bits per heavy atom. The van der Waals surface area contributed by atoms with Gasteiger partial charge in [0, 0.05) is 20.3 Å². The van der Waals surface area contributed by atoms with Crippen molar-refractivity contribution in [2.45, 2.75) is 11.4 Å². The zero-order valence-electron chi connectivity index (χ0n) is 8.76. The van der Waals surface area contributed by atoms with Crippen LogP contribution in [0.25, 0.3) is 0 Å². The molecule has 0 saturated heterocycles. The van der Waals surface area contributed by atoms with E-state index in [-0.39, 0.29) is 9.39 Å². The minimum atomic E-state index is -3.43. The third-order valence-electron chi connectivity index (χ3n) is 1.82. The molecule has 1 aromatic heterocycles. The van der Waals surface area contributed by atoms with Crippen molar-refractivity contribution >= 4 is 33.2 Å². The lowest BCUT2D eigenvalue weighted by Gasteiger charge is -2.08. The van der Waals surface area contributed by atoms with E-state index in [1.165, 1.54) is 37.2 Å². The molecular weight excluding hydrogens is 273 g/mol. The standard InChI is InChI=1S/C8H11Cl2N3O2S/c1-12(2)16(14,15)7-5-11-13(6-7)4-3-8(9)10/h3,5-6H,4H2,1-2H3. The van der Waals surface area contributed by atoms with Crippen LogP contribution in [0.4, 0.5) is 0 Å². The van der Waals surface area contributed by atoms with E-state index in [9.17, 15) is 8.42 Å². The molecular formula is C8H11Cl2N3O2S. The monoisotopic (exact) mass is 283 g/mol. The van der Waals surface area contributed by atoms with Crippen LogP contribution in [0.1, 0.15) is 0 Å².